The summed E-state index contributed by atoms with van der Waals surface area (Å²) in [5, 5.41) is 0. The molecule has 4 nitrogen and oxygen atoms in total. The van der Waals surface area contributed by atoms with Crippen LogP contribution in [-0.2, 0) is 16.0 Å². The number of esters is 1. The molecule has 0 fully saturated rings. The summed E-state index contributed by atoms with van der Waals surface area (Å²) in [6.45, 7) is 2.05. The van der Waals surface area contributed by atoms with E-state index in [0.29, 0.717) is 11.6 Å². The van der Waals surface area contributed by atoms with E-state index in [9.17, 15) is 79.4 Å². The van der Waals surface area contributed by atoms with Crippen LogP contribution in [0.25, 0.3) is 17.5 Å². The maximum atomic E-state index is 14.0. The van der Waals surface area contributed by atoms with E-state index in [1.165, 1.54) is 24.3 Å². The first-order valence-electron chi connectivity index (χ1n) is 14.1. The van der Waals surface area contributed by atoms with E-state index in [0.717, 1.165) is 37.7 Å². The van der Waals surface area contributed by atoms with Gasteiger partial charge in [0.05, 0.1) is 0 Å². The summed E-state index contributed by atoms with van der Waals surface area (Å²) >= 11 is 0. The number of alkyl halides is 17. The average molecular weight is 756 g/mol. The SMILES string of the molecule is CCCCCCc1cnc(-c2ccc(C=CC(=O)OC(F)C(F)(F)C(F)(F)C(F)(F)C(F)(F)C(F)(F)C(F)(F)C(F)C(F)C(F)F)cc2)nc1. The van der Waals surface area contributed by atoms with Crippen LogP contribution in [0.3, 0.4) is 0 Å². The molecule has 0 saturated carbocycles. The standard InChI is InChI=1S/C29H25F17N2O2/c1-2-3-4-5-6-16-13-47-22(48-14-16)17-10-7-15(8-11-17)9-12-18(49)50-23(34)25(37,38)27(41,42)29(45,46)28(43,44)26(39,40)24(35,36)20(31)19(30)21(32)33/h7-14,19-21,23H,2-6H2,1H3. The lowest BCUT2D eigenvalue weighted by atomic mass is 9.89. The van der Waals surface area contributed by atoms with E-state index in [1.807, 2.05) is 0 Å². The second kappa shape index (κ2) is 15.7. The maximum Gasteiger partial charge on any atom is 0.385 e. The summed E-state index contributed by atoms with van der Waals surface area (Å²) in [5.74, 6) is -50.7. The molecule has 2 aromatic rings. The number of nitrogens with zero attached hydrogens (tertiary/aromatic N) is 2. The fourth-order valence-electron chi connectivity index (χ4n) is 3.97. The van der Waals surface area contributed by atoms with Gasteiger partial charge in [-0.25, -0.2) is 32.3 Å². The summed E-state index contributed by atoms with van der Waals surface area (Å²) < 4.78 is 234. The van der Waals surface area contributed by atoms with Crippen LogP contribution in [-0.4, -0.2) is 76.6 Å². The highest BCUT2D eigenvalue weighted by Gasteiger charge is 2.92. The molecule has 21 heteroatoms. The highest BCUT2D eigenvalue weighted by molar-refractivity contribution is 5.87. The van der Waals surface area contributed by atoms with E-state index in [2.05, 4.69) is 21.6 Å². The minimum atomic E-state index is -8.53. The molecule has 3 unspecified atom stereocenters. The van der Waals surface area contributed by atoms with Gasteiger partial charge in [-0.3, -0.25) is 0 Å². The molecule has 50 heavy (non-hydrogen) atoms. The number of halogens is 17. The van der Waals surface area contributed by atoms with Crippen LogP contribution in [0.2, 0.25) is 0 Å². The molecule has 282 valence electrons. The van der Waals surface area contributed by atoms with Crippen LogP contribution in [0.4, 0.5) is 74.6 Å². The molecule has 3 atom stereocenters. The van der Waals surface area contributed by atoms with Crippen molar-refractivity contribution in [2.45, 2.75) is 99.7 Å². The second-order valence-corrected chi connectivity index (χ2v) is 10.7. The van der Waals surface area contributed by atoms with Crippen LogP contribution in [0.1, 0.15) is 43.7 Å². The van der Waals surface area contributed by atoms with Crippen LogP contribution in [0.5, 0.6) is 0 Å². The zero-order valence-corrected chi connectivity index (χ0v) is 25.1. The Morgan fingerprint density at radius 3 is 1.70 bits per heavy atom. The second-order valence-electron chi connectivity index (χ2n) is 10.7. The average Bonchev–Trinajstić information content (AvgIpc) is 3.04. The Balaban J connectivity index is 2.18. The molecule has 0 N–H and O–H groups in total. The topological polar surface area (TPSA) is 52.1 Å². The number of hydrogen-bond acceptors (Lipinski definition) is 4. The quantitative estimate of drug-likeness (QED) is 0.0658. The lowest BCUT2D eigenvalue weighted by molar-refractivity contribution is -0.439. The van der Waals surface area contributed by atoms with Gasteiger partial charge in [0, 0.05) is 24.0 Å². The summed E-state index contributed by atoms with van der Waals surface area (Å²) in [7, 11) is 0. The molecule has 0 bridgehead atoms. The van der Waals surface area contributed by atoms with E-state index in [4.69, 9.17) is 0 Å². The number of unbranched alkanes of at least 4 members (excludes halogenated alkanes) is 3. The molecular weight excluding hydrogens is 731 g/mol. The number of aromatic nitrogens is 2. The van der Waals surface area contributed by atoms with Crippen molar-refractivity contribution < 1.29 is 84.2 Å². The molecule has 0 saturated heterocycles. The molecule has 1 heterocycles. The van der Waals surface area contributed by atoms with Crippen LogP contribution >= 0.6 is 0 Å². The van der Waals surface area contributed by atoms with Crippen molar-refractivity contribution in [3.8, 4) is 11.4 Å². The number of ether oxygens (including phenoxy) is 1. The largest absolute Gasteiger partial charge is 0.421 e. The smallest absolute Gasteiger partial charge is 0.385 e. The van der Waals surface area contributed by atoms with Gasteiger partial charge < -0.3 is 4.74 Å². The lowest BCUT2D eigenvalue weighted by Gasteiger charge is -2.42. The molecule has 0 aliphatic heterocycles. The summed E-state index contributed by atoms with van der Waals surface area (Å²) in [4.78, 5) is 20.1. The fraction of sp³-hybridized carbons (Fsp3) is 0.552. The molecule has 1 aromatic heterocycles. The van der Waals surface area contributed by atoms with Gasteiger partial charge in [0.2, 0.25) is 6.17 Å². The normalized spacial score (nSPS) is 15.7. The van der Waals surface area contributed by atoms with Crippen LogP contribution in [0.15, 0.2) is 42.7 Å². The van der Waals surface area contributed by atoms with Gasteiger partial charge in [-0.2, -0.15) is 57.1 Å². The third kappa shape index (κ3) is 8.26. The molecule has 1 aromatic carbocycles. The lowest BCUT2D eigenvalue weighted by Crippen LogP contribution is -2.73. The number of benzene rings is 1. The van der Waals surface area contributed by atoms with Gasteiger partial charge in [-0.15, -0.1) is 0 Å². The highest BCUT2D eigenvalue weighted by atomic mass is 19.4. The Bertz CT molecular complexity index is 1430. The Morgan fingerprint density at radius 2 is 1.22 bits per heavy atom. The minimum Gasteiger partial charge on any atom is -0.421 e. The summed E-state index contributed by atoms with van der Waals surface area (Å²) in [6.07, 6.45) is -12.5. The van der Waals surface area contributed by atoms with Crippen molar-refractivity contribution in [3.63, 3.8) is 0 Å². The summed E-state index contributed by atoms with van der Waals surface area (Å²) in [5.41, 5.74) is 1.27. The van der Waals surface area contributed by atoms with E-state index < -0.39 is 66.6 Å². The zero-order chi connectivity index (χ0) is 38.5. The van der Waals surface area contributed by atoms with Crippen molar-refractivity contribution >= 4 is 12.0 Å². The van der Waals surface area contributed by atoms with Gasteiger partial charge in [0.1, 0.15) is 0 Å². The molecule has 0 spiro atoms. The Morgan fingerprint density at radius 1 is 0.720 bits per heavy atom. The maximum absolute atomic E-state index is 14.0. The van der Waals surface area contributed by atoms with Crippen molar-refractivity contribution in [1.29, 1.82) is 0 Å². The molecule has 0 aliphatic carbocycles. The number of carbonyl (C=O) groups excluding carboxylic acids is 1. The van der Waals surface area contributed by atoms with Crippen LogP contribution in [0, 0.1) is 0 Å². The first-order valence-corrected chi connectivity index (χ1v) is 14.1. The predicted octanol–water partition coefficient (Wildman–Crippen LogP) is 9.87. The van der Waals surface area contributed by atoms with Crippen molar-refractivity contribution in [2.75, 3.05) is 0 Å². The van der Waals surface area contributed by atoms with Gasteiger partial charge in [-0.1, -0.05) is 50.5 Å². The fourth-order valence-corrected chi connectivity index (χ4v) is 3.97. The van der Waals surface area contributed by atoms with Crippen molar-refractivity contribution in [1.82, 2.24) is 9.97 Å². The Kier molecular flexibility index (Phi) is 13.3. The first-order chi connectivity index (χ1) is 22.8. The zero-order valence-electron chi connectivity index (χ0n) is 25.1. The highest BCUT2D eigenvalue weighted by Crippen LogP contribution is 2.61. The van der Waals surface area contributed by atoms with Gasteiger partial charge >= 0.3 is 47.9 Å². The van der Waals surface area contributed by atoms with Crippen molar-refractivity contribution in [3.05, 3.63) is 53.9 Å². The van der Waals surface area contributed by atoms with Gasteiger partial charge in [0.15, 0.2) is 12.0 Å². The third-order valence-corrected chi connectivity index (χ3v) is 7.00. The number of hydrogen-bond donors (Lipinski definition) is 0. The minimum absolute atomic E-state index is 0.00592. The van der Waals surface area contributed by atoms with Crippen LogP contribution < -0.4 is 0 Å². The predicted molar refractivity (Wildman–Crippen MR) is 141 cm³/mol. The van der Waals surface area contributed by atoms with E-state index in [1.54, 1.807) is 12.4 Å². The molecule has 0 radical (unpaired) electrons. The van der Waals surface area contributed by atoms with E-state index in [-0.39, 0.29) is 17.5 Å². The monoisotopic (exact) mass is 756 g/mol. The van der Waals surface area contributed by atoms with Gasteiger partial charge in [0.25, 0.3) is 6.43 Å². The Hall–Kier alpha value is -3.68. The molecule has 2 rings (SSSR count). The van der Waals surface area contributed by atoms with Gasteiger partial charge in [-0.05, 0) is 30.0 Å². The first kappa shape index (κ1) is 42.5. The van der Waals surface area contributed by atoms with E-state index >= 15 is 0 Å². The number of rotatable bonds is 18. The third-order valence-electron chi connectivity index (χ3n) is 7.00. The van der Waals surface area contributed by atoms with Crippen molar-refractivity contribution in [2.24, 2.45) is 0 Å². The number of aryl methyl sites for hydroxylation is 1. The molecule has 0 amide bonds. The molecular formula is C29H25F17N2O2. The molecule has 0 aliphatic rings. The summed E-state index contributed by atoms with van der Waals surface area (Å²) in [6, 6.07) is 5.18. The Labute approximate surface area is 271 Å². The number of carbonyl (C=O) groups is 1.